The van der Waals surface area contributed by atoms with Crippen LogP contribution in [0.5, 0.6) is 0 Å². The van der Waals surface area contributed by atoms with Gasteiger partial charge in [0, 0.05) is 11.1 Å². The van der Waals surface area contributed by atoms with Crippen molar-refractivity contribution in [3.63, 3.8) is 0 Å². The second-order valence-corrected chi connectivity index (χ2v) is 4.14. The Hall–Kier alpha value is -2.48. The Bertz CT molecular complexity index is 600. The summed E-state index contributed by atoms with van der Waals surface area (Å²) in [6, 6.07) is 17.5. The zero-order chi connectivity index (χ0) is 13.5. The quantitative estimate of drug-likeness (QED) is 0.449. The number of allylic oxidation sites excluding steroid dienone is 2. The number of hydrogen-bond acceptors (Lipinski definition) is 2. The highest BCUT2D eigenvalue weighted by Crippen LogP contribution is 2.25. The normalized spacial score (nSPS) is 11.1. The van der Waals surface area contributed by atoms with Crippen molar-refractivity contribution in [3.8, 4) is 0 Å². The fraction of sp³-hybridized carbons (Fsp3) is 0.0588. The summed E-state index contributed by atoms with van der Waals surface area (Å²) in [5.74, 6) is 0. The van der Waals surface area contributed by atoms with E-state index in [1.54, 1.807) is 0 Å². The number of carbonyl (C=O) groups excluding carboxylic acids is 1. The monoisotopic (exact) mass is 249 g/mol. The molecule has 0 fully saturated rings. The van der Waals surface area contributed by atoms with E-state index in [0.29, 0.717) is 5.57 Å². The maximum Gasteiger partial charge on any atom is 0.150 e. The van der Waals surface area contributed by atoms with Crippen LogP contribution in [0.4, 0.5) is 5.69 Å². The summed E-state index contributed by atoms with van der Waals surface area (Å²) in [4.78, 5) is 15.2. The Labute approximate surface area is 113 Å². The molecule has 2 aromatic carbocycles. The van der Waals surface area contributed by atoms with E-state index in [-0.39, 0.29) is 0 Å². The third-order valence-electron chi connectivity index (χ3n) is 2.91. The Morgan fingerprint density at radius 2 is 1.74 bits per heavy atom. The molecular weight excluding hydrogens is 234 g/mol. The van der Waals surface area contributed by atoms with Crippen LogP contribution in [-0.2, 0) is 11.2 Å². The van der Waals surface area contributed by atoms with E-state index in [4.69, 9.17) is 0 Å². The zero-order valence-electron chi connectivity index (χ0n) is 10.6. The van der Waals surface area contributed by atoms with E-state index >= 15 is 0 Å². The molecular formula is C17H15NO. The van der Waals surface area contributed by atoms with Gasteiger partial charge in [0.2, 0.25) is 0 Å². The molecule has 2 rings (SSSR count). The number of rotatable bonds is 5. The van der Waals surface area contributed by atoms with Gasteiger partial charge in [-0.2, -0.15) is 0 Å². The van der Waals surface area contributed by atoms with Crippen molar-refractivity contribution >= 4 is 24.3 Å². The molecule has 2 aromatic rings. The molecule has 0 saturated carbocycles. The first-order valence-electron chi connectivity index (χ1n) is 6.10. The summed E-state index contributed by atoms with van der Waals surface area (Å²) in [6.07, 6.45) is 3.51. The molecule has 0 spiro atoms. The van der Waals surface area contributed by atoms with Crippen molar-refractivity contribution < 1.29 is 4.79 Å². The van der Waals surface area contributed by atoms with Gasteiger partial charge in [0.05, 0.1) is 5.69 Å². The molecule has 0 radical (unpaired) electrons. The lowest BCUT2D eigenvalue weighted by Gasteiger charge is -2.04. The molecule has 0 aliphatic heterocycles. The van der Waals surface area contributed by atoms with Gasteiger partial charge in [0.1, 0.15) is 6.29 Å². The lowest BCUT2D eigenvalue weighted by Crippen LogP contribution is -1.89. The van der Waals surface area contributed by atoms with Crippen molar-refractivity contribution in [2.75, 3.05) is 0 Å². The number of para-hydroxylation sites is 1. The van der Waals surface area contributed by atoms with Crippen LogP contribution in [0, 0.1) is 0 Å². The van der Waals surface area contributed by atoms with Gasteiger partial charge in [0.15, 0.2) is 0 Å². The molecule has 2 nitrogen and oxygen atoms in total. The molecule has 0 heterocycles. The molecule has 0 saturated heterocycles. The number of carbonyl (C=O) groups is 1. The third kappa shape index (κ3) is 3.26. The van der Waals surface area contributed by atoms with Gasteiger partial charge < -0.3 is 0 Å². The maximum atomic E-state index is 11.3. The average Bonchev–Trinajstić information content (AvgIpc) is 2.49. The maximum absolute atomic E-state index is 11.3. The molecule has 0 atom stereocenters. The third-order valence-corrected chi connectivity index (χ3v) is 2.91. The second-order valence-electron chi connectivity index (χ2n) is 4.14. The fourth-order valence-corrected chi connectivity index (χ4v) is 1.92. The standard InChI is InChI=1S/C17H15NO/c1-18-17-10-6-5-9-16(17)15(13-19)12-11-14-7-3-2-4-8-14/h2-10,12-13H,1,11H2/b15-12-. The first-order valence-corrected chi connectivity index (χ1v) is 6.10. The van der Waals surface area contributed by atoms with Crippen molar-refractivity contribution in [1.82, 2.24) is 0 Å². The van der Waals surface area contributed by atoms with Crippen molar-refractivity contribution in [1.29, 1.82) is 0 Å². The van der Waals surface area contributed by atoms with E-state index < -0.39 is 0 Å². The van der Waals surface area contributed by atoms with E-state index in [1.807, 2.05) is 60.7 Å². The number of aldehydes is 1. The minimum Gasteiger partial charge on any atom is -0.298 e. The van der Waals surface area contributed by atoms with Gasteiger partial charge in [-0.3, -0.25) is 9.79 Å². The van der Waals surface area contributed by atoms with Gasteiger partial charge in [-0.1, -0.05) is 54.6 Å². The van der Waals surface area contributed by atoms with E-state index in [0.717, 1.165) is 24.0 Å². The molecule has 2 heteroatoms. The first-order chi connectivity index (χ1) is 9.35. The Kier molecular flexibility index (Phi) is 4.40. The number of benzene rings is 2. The van der Waals surface area contributed by atoms with Crippen molar-refractivity contribution in [2.45, 2.75) is 6.42 Å². The van der Waals surface area contributed by atoms with E-state index in [2.05, 4.69) is 11.7 Å². The molecule has 0 unspecified atom stereocenters. The Morgan fingerprint density at radius 3 is 2.42 bits per heavy atom. The summed E-state index contributed by atoms with van der Waals surface area (Å²) in [5.41, 5.74) is 3.37. The Morgan fingerprint density at radius 1 is 1.05 bits per heavy atom. The van der Waals surface area contributed by atoms with Gasteiger partial charge in [0.25, 0.3) is 0 Å². The fourth-order valence-electron chi connectivity index (χ4n) is 1.92. The molecule has 19 heavy (non-hydrogen) atoms. The smallest absolute Gasteiger partial charge is 0.150 e. The predicted molar refractivity (Wildman–Crippen MR) is 79.8 cm³/mol. The van der Waals surface area contributed by atoms with E-state index in [1.165, 1.54) is 5.56 Å². The van der Waals surface area contributed by atoms with E-state index in [9.17, 15) is 4.79 Å². The lowest BCUT2D eigenvalue weighted by atomic mass is 10.0. The minimum atomic E-state index is 0.645. The summed E-state index contributed by atoms with van der Waals surface area (Å²) in [6.45, 7) is 3.53. The van der Waals surface area contributed by atoms with Crippen molar-refractivity contribution in [2.24, 2.45) is 4.99 Å². The average molecular weight is 249 g/mol. The second kappa shape index (κ2) is 6.45. The Balaban J connectivity index is 2.29. The molecule has 0 amide bonds. The van der Waals surface area contributed by atoms with Crippen LogP contribution in [0.25, 0.3) is 5.57 Å². The number of aliphatic imine (C=N–C) groups is 1. The minimum absolute atomic E-state index is 0.645. The summed E-state index contributed by atoms with van der Waals surface area (Å²) >= 11 is 0. The van der Waals surface area contributed by atoms with Crippen LogP contribution in [0.3, 0.4) is 0 Å². The molecule has 0 aromatic heterocycles. The van der Waals surface area contributed by atoms with Crippen LogP contribution >= 0.6 is 0 Å². The highest BCUT2D eigenvalue weighted by atomic mass is 16.1. The lowest BCUT2D eigenvalue weighted by molar-refractivity contribution is -0.103. The molecule has 0 aliphatic rings. The predicted octanol–water partition coefficient (Wildman–Crippen LogP) is 3.84. The summed E-state index contributed by atoms with van der Waals surface area (Å²) in [7, 11) is 0. The molecule has 0 bridgehead atoms. The SMILES string of the molecule is C=Nc1ccccc1/C(C=O)=C\Cc1ccccc1. The number of nitrogens with zero attached hydrogens (tertiary/aromatic N) is 1. The largest absolute Gasteiger partial charge is 0.298 e. The summed E-state index contributed by atoms with van der Waals surface area (Å²) < 4.78 is 0. The highest BCUT2D eigenvalue weighted by Gasteiger charge is 2.05. The summed E-state index contributed by atoms with van der Waals surface area (Å²) in [5, 5.41) is 0. The van der Waals surface area contributed by atoms with Gasteiger partial charge in [-0.15, -0.1) is 0 Å². The molecule has 94 valence electrons. The van der Waals surface area contributed by atoms with Crippen LogP contribution < -0.4 is 0 Å². The number of hydrogen-bond donors (Lipinski definition) is 0. The van der Waals surface area contributed by atoms with Gasteiger partial charge >= 0.3 is 0 Å². The molecule has 0 N–H and O–H groups in total. The van der Waals surface area contributed by atoms with Crippen LogP contribution in [-0.4, -0.2) is 13.0 Å². The zero-order valence-corrected chi connectivity index (χ0v) is 10.6. The van der Waals surface area contributed by atoms with Crippen molar-refractivity contribution in [3.05, 3.63) is 71.8 Å². The topological polar surface area (TPSA) is 29.4 Å². The van der Waals surface area contributed by atoms with Gasteiger partial charge in [-0.25, -0.2) is 0 Å². The highest BCUT2D eigenvalue weighted by molar-refractivity contribution is 6.09. The van der Waals surface area contributed by atoms with Crippen LogP contribution in [0.2, 0.25) is 0 Å². The van der Waals surface area contributed by atoms with Crippen LogP contribution in [0.1, 0.15) is 11.1 Å². The van der Waals surface area contributed by atoms with Gasteiger partial charge in [-0.05, 0) is 24.8 Å². The molecule has 0 aliphatic carbocycles. The van der Waals surface area contributed by atoms with Crippen LogP contribution in [0.15, 0.2) is 65.7 Å². The first kappa shape index (κ1) is 13.0.